The van der Waals surface area contributed by atoms with Crippen LogP contribution in [0.3, 0.4) is 0 Å². The van der Waals surface area contributed by atoms with Gasteiger partial charge in [-0.15, -0.1) is 0 Å². The quantitative estimate of drug-likeness (QED) is 0.903. The standard InChI is InChI=1S/C21H26N4O2/c1-27-20-7-4-6-17(11-20)23-21(26)25-13-16-8-9-19(25)15-24(12-16)14-18-5-2-3-10-22-18/h2-7,10-11,16,19H,8-9,12-15H2,1H3,(H,23,26)/t16-,19+/m0/s1. The summed E-state index contributed by atoms with van der Waals surface area (Å²) in [4.78, 5) is 21.8. The van der Waals surface area contributed by atoms with E-state index in [1.54, 1.807) is 7.11 Å². The van der Waals surface area contributed by atoms with E-state index in [0.29, 0.717) is 5.92 Å². The van der Waals surface area contributed by atoms with Gasteiger partial charge in [-0.3, -0.25) is 9.88 Å². The molecule has 2 amide bonds. The smallest absolute Gasteiger partial charge is 0.322 e. The summed E-state index contributed by atoms with van der Waals surface area (Å²) in [6, 6.07) is 13.8. The molecule has 4 heterocycles. The maximum atomic E-state index is 12.9. The Bertz CT molecular complexity index is 783. The summed E-state index contributed by atoms with van der Waals surface area (Å²) in [6.07, 6.45) is 4.09. The lowest BCUT2D eigenvalue weighted by molar-refractivity contribution is 0.151. The SMILES string of the molecule is COc1cccc(NC(=O)N2C[C@H]3CC[C@@H]2CN(Cc2ccccn2)C3)c1. The van der Waals surface area contributed by atoms with Crippen LogP contribution in [0.25, 0.3) is 0 Å². The summed E-state index contributed by atoms with van der Waals surface area (Å²) in [7, 11) is 1.63. The third-order valence-electron chi connectivity index (χ3n) is 5.48. The maximum Gasteiger partial charge on any atom is 0.322 e. The third-order valence-corrected chi connectivity index (χ3v) is 5.48. The molecule has 3 fully saturated rings. The van der Waals surface area contributed by atoms with E-state index in [4.69, 9.17) is 4.74 Å². The first kappa shape index (κ1) is 17.8. The number of urea groups is 1. The van der Waals surface area contributed by atoms with Crippen LogP contribution in [-0.2, 0) is 6.54 Å². The molecule has 2 atom stereocenters. The van der Waals surface area contributed by atoms with Crippen molar-refractivity contribution in [3.05, 3.63) is 54.4 Å². The first-order valence-corrected chi connectivity index (χ1v) is 9.55. The summed E-state index contributed by atoms with van der Waals surface area (Å²) in [5, 5.41) is 3.04. The Kier molecular flexibility index (Phi) is 5.25. The molecule has 1 N–H and O–H groups in total. The van der Waals surface area contributed by atoms with Gasteiger partial charge < -0.3 is 15.0 Å². The molecule has 0 aliphatic carbocycles. The minimum absolute atomic E-state index is 0.0161. The normalized spacial score (nSPS) is 22.3. The summed E-state index contributed by atoms with van der Waals surface area (Å²) >= 11 is 0. The number of benzene rings is 1. The zero-order valence-corrected chi connectivity index (χ0v) is 15.7. The van der Waals surface area contributed by atoms with Crippen LogP contribution in [0.4, 0.5) is 10.5 Å². The van der Waals surface area contributed by atoms with E-state index >= 15 is 0 Å². The van der Waals surface area contributed by atoms with Crippen LogP contribution in [0.15, 0.2) is 48.7 Å². The van der Waals surface area contributed by atoms with Gasteiger partial charge in [0.25, 0.3) is 0 Å². The number of rotatable bonds is 4. The Balaban J connectivity index is 1.43. The molecule has 1 aromatic carbocycles. The van der Waals surface area contributed by atoms with Crippen molar-refractivity contribution in [1.82, 2.24) is 14.8 Å². The predicted molar refractivity (Wildman–Crippen MR) is 105 cm³/mol. The van der Waals surface area contributed by atoms with Crippen LogP contribution < -0.4 is 10.1 Å². The van der Waals surface area contributed by atoms with Crippen LogP contribution in [0, 0.1) is 5.92 Å². The van der Waals surface area contributed by atoms with E-state index in [1.807, 2.05) is 47.5 Å². The van der Waals surface area contributed by atoms with Crippen molar-refractivity contribution in [2.24, 2.45) is 5.92 Å². The number of carbonyl (C=O) groups is 1. The number of fused-ring (bicyclic) bond motifs is 4. The monoisotopic (exact) mass is 366 g/mol. The largest absolute Gasteiger partial charge is 0.497 e. The molecule has 2 aromatic rings. The highest BCUT2D eigenvalue weighted by molar-refractivity contribution is 5.89. The second-order valence-corrected chi connectivity index (χ2v) is 7.43. The van der Waals surface area contributed by atoms with E-state index in [1.165, 1.54) is 6.42 Å². The average Bonchev–Trinajstić information content (AvgIpc) is 2.99. The zero-order valence-electron chi connectivity index (χ0n) is 15.7. The number of anilines is 1. The fourth-order valence-corrected chi connectivity index (χ4v) is 4.17. The van der Waals surface area contributed by atoms with Crippen molar-refractivity contribution in [3.8, 4) is 5.75 Å². The number of pyridine rings is 1. The van der Waals surface area contributed by atoms with Crippen molar-refractivity contribution in [2.75, 3.05) is 32.1 Å². The van der Waals surface area contributed by atoms with Gasteiger partial charge in [-0.05, 0) is 43.0 Å². The minimum Gasteiger partial charge on any atom is -0.497 e. The van der Waals surface area contributed by atoms with Gasteiger partial charge >= 0.3 is 6.03 Å². The van der Waals surface area contributed by atoms with Gasteiger partial charge in [-0.1, -0.05) is 12.1 Å². The number of carbonyl (C=O) groups excluding carboxylic acids is 1. The number of methoxy groups -OCH3 is 1. The summed E-state index contributed by atoms with van der Waals surface area (Å²) in [5.74, 6) is 1.26. The third kappa shape index (κ3) is 4.22. The highest BCUT2D eigenvalue weighted by Gasteiger charge is 2.37. The number of nitrogens with one attached hydrogen (secondary N) is 1. The van der Waals surface area contributed by atoms with Crippen molar-refractivity contribution < 1.29 is 9.53 Å². The molecule has 0 spiro atoms. The molecule has 0 saturated carbocycles. The number of hydrogen-bond acceptors (Lipinski definition) is 4. The summed E-state index contributed by atoms with van der Waals surface area (Å²) < 4.78 is 5.24. The predicted octanol–water partition coefficient (Wildman–Crippen LogP) is 3.22. The van der Waals surface area contributed by atoms with Crippen LogP contribution in [0.5, 0.6) is 5.75 Å². The van der Waals surface area contributed by atoms with Crippen molar-refractivity contribution in [2.45, 2.75) is 25.4 Å². The van der Waals surface area contributed by atoms with Gasteiger partial charge in [0, 0.05) is 50.2 Å². The van der Waals surface area contributed by atoms with E-state index in [0.717, 1.165) is 49.7 Å². The summed E-state index contributed by atoms with van der Waals surface area (Å²) in [6.45, 7) is 3.59. The number of aromatic nitrogens is 1. The Morgan fingerprint density at radius 1 is 1.19 bits per heavy atom. The van der Waals surface area contributed by atoms with Crippen molar-refractivity contribution >= 4 is 11.7 Å². The molecule has 1 aromatic heterocycles. The van der Waals surface area contributed by atoms with Crippen molar-refractivity contribution in [1.29, 1.82) is 0 Å². The average molecular weight is 366 g/mol. The zero-order chi connectivity index (χ0) is 18.6. The van der Waals surface area contributed by atoms with Gasteiger partial charge in [0.05, 0.1) is 12.8 Å². The molecule has 27 heavy (non-hydrogen) atoms. The van der Waals surface area contributed by atoms with E-state index < -0.39 is 0 Å². The fourth-order valence-electron chi connectivity index (χ4n) is 4.17. The highest BCUT2D eigenvalue weighted by Crippen LogP contribution is 2.29. The number of amides is 2. The molecule has 2 bridgehead atoms. The molecule has 0 radical (unpaired) electrons. The van der Waals surface area contributed by atoms with Gasteiger partial charge in [-0.2, -0.15) is 0 Å². The lowest BCUT2D eigenvalue weighted by Crippen LogP contribution is -2.49. The van der Waals surface area contributed by atoms with Crippen molar-refractivity contribution in [3.63, 3.8) is 0 Å². The van der Waals surface area contributed by atoms with E-state index in [2.05, 4.69) is 21.3 Å². The number of hydrogen-bond donors (Lipinski definition) is 1. The van der Waals surface area contributed by atoms with Crippen LogP contribution in [-0.4, -0.2) is 53.6 Å². The molecule has 5 rings (SSSR count). The Hall–Kier alpha value is -2.60. The molecule has 0 unspecified atom stereocenters. The molecule has 3 saturated heterocycles. The second-order valence-electron chi connectivity index (χ2n) is 7.43. The second kappa shape index (κ2) is 7.96. The minimum atomic E-state index is -0.0161. The molecule has 3 aliphatic rings. The summed E-state index contributed by atoms with van der Waals surface area (Å²) in [5.41, 5.74) is 1.86. The lowest BCUT2D eigenvalue weighted by Gasteiger charge is -2.36. The number of nitrogens with zero attached hydrogens (tertiary/aromatic N) is 3. The van der Waals surface area contributed by atoms with Gasteiger partial charge in [0.15, 0.2) is 0 Å². The maximum absolute atomic E-state index is 12.9. The molecular weight excluding hydrogens is 340 g/mol. The van der Waals surface area contributed by atoms with Gasteiger partial charge in [0.2, 0.25) is 0 Å². The molecule has 142 valence electrons. The van der Waals surface area contributed by atoms with Crippen LogP contribution in [0.2, 0.25) is 0 Å². The molecular formula is C21H26N4O2. The fraction of sp³-hybridized carbons (Fsp3) is 0.429. The number of piperidine rings is 1. The molecule has 6 nitrogen and oxygen atoms in total. The van der Waals surface area contributed by atoms with E-state index in [-0.39, 0.29) is 12.1 Å². The number of ether oxygens (including phenoxy) is 1. The first-order valence-electron chi connectivity index (χ1n) is 9.55. The van der Waals surface area contributed by atoms with Gasteiger partial charge in [0.1, 0.15) is 5.75 Å². The Labute approximate surface area is 160 Å². The van der Waals surface area contributed by atoms with Crippen LogP contribution >= 0.6 is 0 Å². The Morgan fingerprint density at radius 3 is 2.93 bits per heavy atom. The Morgan fingerprint density at radius 2 is 2.11 bits per heavy atom. The first-order chi connectivity index (χ1) is 13.2. The van der Waals surface area contributed by atoms with Crippen LogP contribution in [0.1, 0.15) is 18.5 Å². The molecule has 6 heteroatoms. The highest BCUT2D eigenvalue weighted by atomic mass is 16.5. The lowest BCUT2D eigenvalue weighted by atomic mass is 9.95. The van der Waals surface area contributed by atoms with E-state index in [9.17, 15) is 4.79 Å². The molecule has 3 aliphatic heterocycles. The topological polar surface area (TPSA) is 57.7 Å². The van der Waals surface area contributed by atoms with Gasteiger partial charge in [-0.25, -0.2) is 4.79 Å².